The van der Waals surface area contributed by atoms with Gasteiger partial charge in [-0.25, -0.2) is 0 Å². The zero-order valence-corrected chi connectivity index (χ0v) is 14.1. The van der Waals surface area contributed by atoms with E-state index >= 15 is 0 Å². The molecular weight excluding hydrogens is 330 g/mol. The van der Waals surface area contributed by atoms with E-state index in [1.165, 1.54) is 0 Å². The van der Waals surface area contributed by atoms with Crippen molar-refractivity contribution in [2.75, 3.05) is 11.1 Å². The highest BCUT2D eigenvalue weighted by Gasteiger charge is 2.12. The molecule has 0 aliphatic carbocycles. The molecule has 118 valence electrons. The second-order valence-electron chi connectivity index (χ2n) is 4.67. The maximum Gasteiger partial charge on any atom is 0.322 e. The largest absolute Gasteiger partial charge is 0.407 e. The van der Waals surface area contributed by atoms with Crippen molar-refractivity contribution < 1.29 is 9.21 Å². The Morgan fingerprint density at radius 1 is 1.30 bits per heavy atom. The van der Waals surface area contributed by atoms with Crippen LogP contribution >= 0.6 is 23.1 Å². The Hall–Kier alpha value is -2.12. The van der Waals surface area contributed by atoms with Gasteiger partial charge in [0, 0.05) is 15.3 Å². The van der Waals surface area contributed by atoms with Crippen LogP contribution in [0.5, 0.6) is 0 Å². The molecule has 0 atom stereocenters. The number of thiophene rings is 1. The van der Waals surface area contributed by atoms with Gasteiger partial charge in [0.25, 0.3) is 5.91 Å². The number of nitrogens with zero attached hydrogens (tertiary/aromatic N) is 2. The molecule has 0 saturated carbocycles. The molecule has 3 rings (SSSR count). The standard InChI is InChI=1S/C16H15N3O2S2/c1-2-22-12-6-3-5-11(9-12)15(20)17-16-19-18-14(21-16)10-13-7-4-8-23-13/h3-9H,2,10H2,1H3,(H,17,19,20). The lowest BCUT2D eigenvalue weighted by molar-refractivity contribution is 0.102. The molecule has 1 amide bonds. The molecule has 3 aromatic rings. The second kappa shape index (κ2) is 7.43. The fourth-order valence-electron chi connectivity index (χ4n) is 2.00. The van der Waals surface area contributed by atoms with Crippen LogP contribution in [0.3, 0.4) is 0 Å². The molecule has 5 nitrogen and oxygen atoms in total. The molecule has 23 heavy (non-hydrogen) atoms. The molecule has 0 fully saturated rings. The normalized spacial score (nSPS) is 10.7. The van der Waals surface area contributed by atoms with E-state index < -0.39 is 0 Å². The van der Waals surface area contributed by atoms with Gasteiger partial charge >= 0.3 is 6.01 Å². The van der Waals surface area contributed by atoms with Gasteiger partial charge in [0.2, 0.25) is 5.89 Å². The first-order valence-electron chi connectivity index (χ1n) is 7.13. The third-order valence-electron chi connectivity index (χ3n) is 3.00. The SMILES string of the molecule is CCSc1cccc(C(=O)Nc2nnc(Cc3cccs3)o2)c1. The van der Waals surface area contributed by atoms with E-state index in [1.54, 1.807) is 29.2 Å². The van der Waals surface area contributed by atoms with Gasteiger partial charge in [-0.15, -0.1) is 28.2 Å². The lowest BCUT2D eigenvalue weighted by atomic mass is 10.2. The van der Waals surface area contributed by atoms with Crippen LogP contribution in [-0.4, -0.2) is 21.9 Å². The van der Waals surface area contributed by atoms with Crippen LogP contribution in [0.2, 0.25) is 0 Å². The van der Waals surface area contributed by atoms with Crippen LogP contribution in [0.1, 0.15) is 28.0 Å². The highest BCUT2D eigenvalue weighted by atomic mass is 32.2. The van der Waals surface area contributed by atoms with E-state index in [2.05, 4.69) is 22.4 Å². The monoisotopic (exact) mass is 345 g/mol. The van der Waals surface area contributed by atoms with Crippen molar-refractivity contribution in [2.45, 2.75) is 18.2 Å². The summed E-state index contributed by atoms with van der Waals surface area (Å²) in [5.41, 5.74) is 0.571. The first-order chi connectivity index (χ1) is 11.2. The van der Waals surface area contributed by atoms with E-state index in [9.17, 15) is 4.79 Å². The fraction of sp³-hybridized carbons (Fsp3) is 0.188. The number of hydrogen-bond donors (Lipinski definition) is 1. The first-order valence-corrected chi connectivity index (χ1v) is 9.00. The number of nitrogens with one attached hydrogen (secondary N) is 1. The molecule has 2 heterocycles. The summed E-state index contributed by atoms with van der Waals surface area (Å²) in [5, 5.41) is 12.5. The van der Waals surface area contributed by atoms with Crippen LogP contribution in [0.25, 0.3) is 0 Å². The van der Waals surface area contributed by atoms with Gasteiger partial charge in [0.15, 0.2) is 0 Å². The zero-order valence-electron chi connectivity index (χ0n) is 12.5. The average molecular weight is 345 g/mol. The molecule has 0 radical (unpaired) electrons. The van der Waals surface area contributed by atoms with Crippen LogP contribution in [0, 0.1) is 0 Å². The van der Waals surface area contributed by atoms with Gasteiger partial charge in [0.1, 0.15) is 0 Å². The van der Waals surface area contributed by atoms with Crippen LogP contribution in [0.4, 0.5) is 6.01 Å². The molecule has 0 bridgehead atoms. The first kappa shape index (κ1) is 15.8. The van der Waals surface area contributed by atoms with E-state index in [4.69, 9.17) is 4.42 Å². The Morgan fingerprint density at radius 2 is 2.22 bits per heavy atom. The van der Waals surface area contributed by atoms with Crippen molar-refractivity contribution in [3.63, 3.8) is 0 Å². The summed E-state index contributed by atoms with van der Waals surface area (Å²) < 4.78 is 5.47. The zero-order chi connectivity index (χ0) is 16.1. The maximum absolute atomic E-state index is 12.3. The molecule has 0 spiro atoms. The van der Waals surface area contributed by atoms with Crippen molar-refractivity contribution >= 4 is 35.0 Å². The third kappa shape index (κ3) is 4.20. The average Bonchev–Trinajstić information content (AvgIpc) is 3.21. The van der Waals surface area contributed by atoms with Gasteiger partial charge in [-0.1, -0.05) is 24.2 Å². The second-order valence-corrected chi connectivity index (χ2v) is 7.04. The summed E-state index contributed by atoms with van der Waals surface area (Å²) in [4.78, 5) is 14.4. The smallest absolute Gasteiger partial charge is 0.322 e. The molecule has 0 unspecified atom stereocenters. The highest BCUT2D eigenvalue weighted by molar-refractivity contribution is 7.99. The Labute approximate surface area is 142 Å². The number of carbonyl (C=O) groups is 1. The number of hydrogen-bond acceptors (Lipinski definition) is 6. The maximum atomic E-state index is 12.3. The molecule has 0 aliphatic rings. The number of benzene rings is 1. The number of aromatic nitrogens is 2. The number of rotatable bonds is 6. The molecule has 2 aromatic heterocycles. The minimum Gasteiger partial charge on any atom is -0.407 e. The van der Waals surface area contributed by atoms with Gasteiger partial charge in [-0.05, 0) is 35.4 Å². The Morgan fingerprint density at radius 3 is 3.00 bits per heavy atom. The van der Waals surface area contributed by atoms with Crippen LogP contribution in [-0.2, 0) is 6.42 Å². The summed E-state index contributed by atoms with van der Waals surface area (Å²) in [6, 6.07) is 11.6. The van der Waals surface area contributed by atoms with Crippen molar-refractivity contribution in [3.05, 3.63) is 58.1 Å². The molecule has 1 N–H and O–H groups in total. The predicted molar refractivity (Wildman–Crippen MR) is 92.2 cm³/mol. The minimum atomic E-state index is -0.255. The summed E-state index contributed by atoms with van der Waals surface area (Å²) >= 11 is 3.32. The number of thioether (sulfide) groups is 1. The Balaban J connectivity index is 1.66. The summed E-state index contributed by atoms with van der Waals surface area (Å²) in [7, 11) is 0. The predicted octanol–water partition coefficient (Wildman–Crippen LogP) is 4.09. The van der Waals surface area contributed by atoms with Crippen molar-refractivity contribution in [3.8, 4) is 0 Å². The summed E-state index contributed by atoms with van der Waals surface area (Å²) in [6.45, 7) is 2.07. The molecule has 0 aliphatic heterocycles. The lowest BCUT2D eigenvalue weighted by Gasteiger charge is -2.03. The van der Waals surface area contributed by atoms with Crippen molar-refractivity contribution in [2.24, 2.45) is 0 Å². The fourth-order valence-corrected chi connectivity index (χ4v) is 3.42. The molecular formula is C16H15N3O2S2. The topological polar surface area (TPSA) is 68.0 Å². The Kier molecular flexibility index (Phi) is 5.09. The van der Waals surface area contributed by atoms with Crippen LogP contribution in [0.15, 0.2) is 51.1 Å². The summed E-state index contributed by atoms with van der Waals surface area (Å²) in [6.07, 6.45) is 0.573. The van der Waals surface area contributed by atoms with Crippen molar-refractivity contribution in [1.82, 2.24) is 10.2 Å². The van der Waals surface area contributed by atoms with Gasteiger partial charge in [-0.3, -0.25) is 10.1 Å². The quantitative estimate of drug-likeness (QED) is 0.682. The van der Waals surface area contributed by atoms with Gasteiger partial charge in [0.05, 0.1) is 6.42 Å². The Bertz CT molecular complexity index is 784. The summed E-state index contributed by atoms with van der Waals surface area (Å²) in [5.74, 6) is 1.19. The minimum absolute atomic E-state index is 0.120. The molecule has 1 aromatic carbocycles. The highest BCUT2D eigenvalue weighted by Crippen LogP contribution is 2.20. The van der Waals surface area contributed by atoms with Crippen molar-refractivity contribution in [1.29, 1.82) is 0 Å². The molecule has 0 saturated heterocycles. The number of amides is 1. The van der Waals surface area contributed by atoms with E-state index in [0.29, 0.717) is 17.9 Å². The van der Waals surface area contributed by atoms with Gasteiger partial charge < -0.3 is 4.42 Å². The van der Waals surface area contributed by atoms with E-state index in [0.717, 1.165) is 15.5 Å². The number of carbonyl (C=O) groups excluding carboxylic acids is 1. The van der Waals surface area contributed by atoms with Gasteiger partial charge in [-0.2, -0.15) is 0 Å². The molecule has 7 heteroatoms. The van der Waals surface area contributed by atoms with E-state index in [1.807, 2.05) is 35.7 Å². The number of anilines is 1. The van der Waals surface area contributed by atoms with E-state index in [-0.39, 0.29) is 11.9 Å². The lowest BCUT2D eigenvalue weighted by Crippen LogP contribution is -2.12. The third-order valence-corrected chi connectivity index (χ3v) is 4.75. The van der Waals surface area contributed by atoms with Crippen LogP contribution < -0.4 is 5.32 Å².